The second kappa shape index (κ2) is 4.98. The van der Waals surface area contributed by atoms with Gasteiger partial charge in [-0.1, -0.05) is 12.1 Å². The number of nitrogens with two attached hydrogens (primary N) is 1. The SMILES string of the molecule is COc1ccc([C@H](N)CN(C)C)cc1. The molecule has 0 heterocycles. The minimum Gasteiger partial charge on any atom is -0.497 e. The first-order chi connectivity index (χ1) is 6.63. The van der Waals surface area contributed by atoms with Crippen LogP contribution in [0.15, 0.2) is 24.3 Å². The molecule has 0 bridgehead atoms. The number of ether oxygens (including phenoxy) is 1. The quantitative estimate of drug-likeness (QED) is 0.784. The molecular formula is C11H18N2O. The number of methoxy groups -OCH3 is 1. The second-order valence-electron chi connectivity index (χ2n) is 3.64. The number of rotatable bonds is 4. The molecule has 1 atom stereocenters. The number of hydrogen-bond donors (Lipinski definition) is 1. The molecule has 0 aromatic heterocycles. The molecule has 0 saturated heterocycles. The first-order valence-corrected chi connectivity index (χ1v) is 4.67. The van der Waals surface area contributed by atoms with E-state index in [2.05, 4.69) is 4.90 Å². The highest BCUT2D eigenvalue weighted by molar-refractivity contribution is 5.29. The van der Waals surface area contributed by atoms with Crippen LogP contribution in [0.4, 0.5) is 0 Å². The van der Waals surface area contributed by atoms with Crippen molar-refractivity contribution in [3.8, 4) is 5.75 Å². The molecule has 2 N–H and O–H groups in total. The third kappa shape index (κ3) is 3.01. The zero-order chi connectivity index (χ0) is 10.6. The van der Waals surface area contributed by atoms with E-state index in [-0.39, 0.29) is 6.04 Å². The van der Waals surface area contributed by atoms with E-state index in [1.54, 1.807) is 7.11 Å². The third-order valence-corrected chi connectivity index (χ3v) is 2.11. The second-order valence-corrected chi connectivity index (χ2v) is 3.64. The fourth-order valence-corrected chi connectivity index (χ4v) is 1.35. The molecule has 0 amide bonds. The summed E-state index contributed by atoms with van der Waals surface area (Å²) in [6.07, 6.45) is 0. The fraction of sp³-hybridized carbons (Fsp3) is 0.455. The van der Waals surface area contributed by atoms with Crippen LogP contribution in [0.1, 0.15) is 11.6 Å². The Morgan fingerprint density at radius 1 is 1.29 bits per heavy atom. The van der Waals surface area contributed by atoms with Crippen LogP contribution in [0.25, 0.3) is 0 Å². The monoisotopic (exact) mass is 194 g/mol. The molecule has 0 radical (unpaired) electrons. The molecule has 14 heavy (non-hydrogen) atoms. The predicted molar refractivity (Wildman–Crippen MR) is 58.5 cm³/mol. The van der Waals surface area contributed by atoms with E-state index in [0.29, 0.717) is 0 Å². The van der Waals surface area contributed by atoms with Crippen LogP contribution >= 0.6 is 0 Å². The van der Waals surface area contributed by atoms with Gasteiger partial charge in [0.2, 0.25) is 0 Å². The summed E-state index contributed by atoms with van der Waals surface area (Å²) in [7, 11) is 5.70. The molecule has 0 aliphatic rings. The first-order valence-electron chi connectivity index (χ1n) is 4.67. The van der Waals surface area contributed by atoms with Crippen LogP contribution in [0, 0.1) is 0 Å². The van der Waals surface area contributed by atoms with Gasteiger partial charge in [0.1, 0.15) is 5.75 Å². The average Bonchev–Trinajstić information content (AvgIpc) is 2.17. The number of hydrogen-bond acceptors (Lipinski definition) is 3. The number of likely N-dealkylation sites (N-methyl/N-ethyl adjacent to an activating group) is 1. The van der Waals surface area contributed by atoms with Gasteiger partial charge < -0.3 is 15.4 Å². The van der Waals surface area contributed by atoms with Crippen LogP contribution < -0.4 is 10.5 Å². The van der Waals surface area contributed by atoms with Crippen LogP contribution in [-0.2, 0) is 0 Å². The van der Waals surface area contributed by atoms with Crippen molar-refractivity contribution >= 4 is 0 Å². The number of benzene rings is 1. The topological polar surface area (TPSA) is 38.5 Å². The lowest BCUT2D eigenvalue weighted by atomic mass is 10.1. The van der Waals surface area contributed by atoms with E-state index >= 15 is 0 Å². The van der Waals surface area contributed by atoms with E-state index in [1.807, 2.05) is 38.4 Å². The van der Waals surface area contributed by atoms with Gasteiger partial charge in [-0.25, -0.2) is 0 Å². The maximum Gasteiger partial charge on any atom is 0.118 e. The maximum atomic E-state index is 6.00. The van der Waals surface area contributed by atoms with Crippen molar-refractivity contribution in [2.75, 3.05) is 27.7 Å². The maximum absolute atomic E-state index is 6.00. The Balaban J connectivity index is 2.66. The van der Waals surface area contributed by atoms with Crippen LogP contribution in [0.5, 0.6) is 5.75 Å². The zero-order valence-corrected chi connectivity index (χ0v) is 9.03. The van der Waals surface area contributed by atoms with Crippen molar-refractivity contribution in [1.29, 1.82) is 0 Å². The molecule has 0 saturated carbocycles. The molecular weight excluding hydrogens is 176 g/mol. The third-order valence-electron chi connectivity index (χ3n) is 2.11. The van der Waals surface area contributed by atoms with Gasteiger partial charge in [-0.3, -0.25) is 0 Å². The summed E-state index contributed by atoms with van der Waals surface area (Å²) in [4.78, 5) is 2.08. The average molecular weight is 194 g/mol. The Morgan fingerprint density at radius 3 is 2.29 bits per heavy atom. The molecule has 1 aromatic carbocycles. The van der Waals surface area contributed by atoms with Gasteiger partial charge in [0.05, 0.1) is 7.11 Å². The van der Waals surface area contributed by atoms with E-state index in [4.69, 9.17) is 10.5 Å². The van der Waals surface area contributed by atoms with Gasteiger partial charge in [-0.15, -0.1) is 0 Å². The number of nitrogens with zero attached hydrogens (tertiary/aromatic N) is 1. The highest BCUT2D eigenvalue weighted by Gasteiger charge is 2.06. The largest absolute Gasteiger partial charge is 0.497 e. The van der Waals surface area contributed by atoms with Gasteiger partial charge in [0, 0.05) is 12.6 Å². The summed E-state index contributed by atoms with van der Waals surface area (Å²) in [5, 5.41) is 0. The van der Waals surface area contributed by atoms with Crippen molar-refractivity contribution < 1.29 is 4.74 Å². The summed E-state index contributed by atoms with van der Waals surface area (Å²) in [6, 6.07) is 7.95. The minimum absolute atomic E-state index is 0.0657. The molecule has 78 valence electrons. The molecule has 0 aliphatic heterocycles. The minimum atomic E-state index is 0.0657. The summed E-state index contributed by atoms with van der Waals surface area (Å²) in [6.45, 7) is 0.854. The molecule has 1 rings (SSSR count). The van der Waals surface area contributed by atoms with E-state index in [1.165, 1.54) is 0 Å². The smallest absolute Gasteiger partial charge is 0.118 e. The van der Waals surface area contributed by atoms with Crippen molar-refractivity contribution in [2.45, 2.75) is 6.04 Å². The standard InChI is InChI=1S/C11H18N2O/c1-13(2)8-11(12)9-4-6-10(14-3)7-5-9/h4-7,11H,8,12H2,1-3H3/t11-/m1/s1. The lowest BCUT2D eigenvalue weighted by molar-refractivity contribution is 0.376. The summed E-state index contributed by atoms with van der Waals surface area (Å²) < 4.78 is 5.08. The lowest BCUT2D eigenvalue weighted by Crippen LogP contribution is -2.25. The Labute approximate surface area is 85.5 Å². The molecule has 0 aliphatic carbocycles. The molecule has 0 fully saturated rings. The normalized spacial score (nSPS) is 12.9. The van der Waals surface area contributed by atoms with Crippen molar-refractivity contribution in [1.82, 2.24) is 4.90 Å². The van der Waals surface area contributed by atoms with E-state index < -0.39 is 0 Å². The van der Waals surface area contributed by atoms with Gasteiger partial charge in [-0.2, -0.15) is 0 Å². The Hall–Kier alpha value is -1.06. The highest BCUT2D eigenvalue weighted by atomic mass is 16.5. The molecule has 0 unspecified atom stereocenters. The molecule has 1 aromatic rings. The highest BCUT2D eigenvalue weighted by Crippen LogP contribution is 2.16. The van der Waals surface area contributed by atoms with Gasteiger partial charge >= 0.3 is 0 Å². The van der Waals surface area contributed by atoms with Crippen LogP contribution in [0.3, 0.4) is 0 Å². The Kier molecular flexibility index (Phi) is 3.92. The van der Waals surface area contributed by atoms with Gasteiger partial charge in [0.25, 0.3) is 0 Å². The summed E-state index contributed by atoms with van der Waals surface area (Å²) in [5.41, 5.74) is 7.14. The van der Waals surface area contributed by atoms with Crippen LogP contribution in [0.2, 0.25) is 0 Å². The van der Waals surface area contributed by atoms with Crippen molar-refractivity contribution in [3.63, 3.8) is 0 Å². The van der Waals surface area contributed by atoms with Crippen molar-refractivity contribution in [3.05, 3.63) is 29.8 Å². The molecule has 3 heteroatoms. The van der Waals surface area contributed by atoms with Gasteiger partial charge in [-0.05, 0) is 31.8 Å². The predicted octanol–water partition coefficient (Wildman–Crippen LogP) is 1.26. The molecule has 3 nitrogen and oxygen atoms in total. The Bertz CT molecular complexity index is 269. The van der Waals surface area contributed by atoms with Gasteiger partial charge in [0.15, 0.2) is 0 Å². The Morgan fingerprint density at radius 2 is 1.86 bits per heavy atom. The van der Waals surface area contributed by atoms with Crippen molar-refractivity contribution in [2.24, 2.45) is 5.73 Å². The van der Waals surface area contributed by atoms with E-state index in [0.717, 1.165) is 17.9 Å². The molecule has 0 spiro atoms. The lowest BCUT2D eigenvalue weighted by Gasteiger charge is -2.17. The van der Waals surface area contributed by atoms with Crippen LogP contribution in [-0.4, -0.2) is 32.6 Å². The summed E-state index contributed by atoms with van der Waals surface area (Å²) in [5.74, 6) is 0.866. The first kappa shape index (κ1) is 11.0. The summed E-state index contributed by atoms with van der Waals surface area (Å²) >= 11 is 0. The fourth-order valence-electron chi connectivity index (χ4n) is 1.35. The zero-order valence-electron chi connectivity index (χ0n) is 9.03. The van der Waals surface area contributed by atoms with E-state index in [9.17, 15) is 0 Å².